The van der Waals surface area contributed by atoms with E-state index in [2.05, 4.69) is 16.0 Å². The van der Waals surface area contributed by atoms with Crippen LogP contribution in [0.5, 0.6) is 0 Å². The van der Waals surface area contributed by atoms with Crippen molar-refractivity contribution in [3.05, 3.63) is 0 Å². The van der Waals surface area contributed by atoms with E-state index in [9.17, 15) is 0 Å². The van der Waals surface area contributed by atoms with Gasteiger partial charge in [-0.05, 0) is 0 Å². The van der Waals surface area contributed by atoms with Crippen LogP contribution in [0.1, 0.15) is 0 Å². The molecule has 0 spiro atoms. The van der Waals surface area contributed by atoms with Gasteiger partial charge in [-0.3, -0.25) is 0 Å². The van der Waals surface area contributed by atoms with Crippen LogP contribution < -0.4 is 22.3 Å². The van der Waals surface area contributed by atoms with E-state index >= 15 is 0 Å². The van der Waals surface area contributed by atoms with Gasteiger partial charge in [0, 0.05) is 13.1 Å². The minimum absolute atomic E-state index is 0.0481. The number of nitrogens with zero attached hydrogens (tertiary/aromatic N) is 2. The predicted octanol–water partition coefficient (Wildman–Crippen LogP) is -2.46. The average molecular weight is 144 g/mol. The van der Waals surface area contributed by atoms with Crippen LogP contribution in [0.4, 0.5) is 0 Å². The molecule has 0 amide bonds. The second kappa shape index (κ2) is 3.23. The molecule has 0 saturated carbocycles. The molecule has 10 heavy (non-hydrogen) atoms. The lowest BCUT2D eigenvalue weighted by Crippen LogP contribution is -2.36. The molecule has 1 saturated heterocycles. The highest BCUT2D eigenvalue weighted by Crippen LogP contribution is 1.84. The first-order chi connectivity index (χ1) is 4.79. The molecule has 0 radical (unpaired) electrons. The number of hydrazine groups is 1. The Kier molecular flexibility index (Phi) is 2.30. The normalized spacial score (nSPS) is 18.8. The minimum atomic E-state index is 0.0481. The second-order valence-corrected chi connectivity index (χ2v) is 2.06. The molecule has 58 valence electrons. The largest absolute Gasteiger partial charge is 0.369 e. The van der Waals surface area contributed by atoms with Gasteiger partial charge in [-0.25, -0.2) is 5.53 Å². The van der Waals surface area contributed by atoms with Gasteiger partial charge in [0.25, 0.3) is 0 Å². The van der Waals surface area contributed by atoms with Crippen molar-refractivity contribution in [1.82, 2.24) is 15.9 Å². The number of nitrogens with one attached hydrogen (secondary N) is 2. The highest BCUT2D eigenvalue weighted by molar-refractivity contribution is 5.75. The highest BCUT2D eigenvalue weighted by atomic mass is 15.7. The summed E-state index contributed by atoms with van der Waals surface area (Å²) < 4.78 is 0. The second-order valence-electron chi connectivity index (χ2n) is 2.06. The molecule has 6 nitrogen and oxygen atoms in total. The van der Waals surface area contributed by atoms with E-state index < -0.39 is 0 Å². The lowest BCUT2D eigenvalue weighted by molar-refractivity contribution is 0.239. The van der Waals surface area contributed by atoms with Crippen LogP contribution in [0.3, 0.4) is 0 Å². The maximum atomic E-state index is 5.09. The van der Waals surface area contributed by atoms with Crippen LogP contribution in [0.15, 0.2) is 5.10 Å². The van der Waals surface area contributed by atoms with Gasteiger partial charge in [0.15, 0.2) is 0 Å². The van der Waals surface area contributed by atoms with Crippen molar-refractivity contribution in [2.45, 2.75) is 0 Å². The Hall–Kier alpha value is -1.01. The zero-order valence-corrected chi connectivity index (χ0v) is 5.67. The summed E-state index contributed by atoms with van der Waals surface area (Å²) in [6, 6.07) is 0. The average Bonchev–Trinajstić information content (AvgIpc) is 2.34. The fraction of sp³-hybridized carbons (Fsp3) is 0.750. The van der Waals surface area contributed by atoms with Crippen molar-refractivity contribution < 1.29 is 0 Å². The molecule has 0 aromatic heterocycles. The number of hydrogen-bond acceptors (Lipinski definition) is 4. The van der Waals surface area contributed by atoms with E-state index in [0.717, 1.165) is 19.8 Å². The van der Waals surface area contributed by atoms with Gasteiger partial charge >= 0.3 is 0 Å². The molecular formula is C4H12N6. The first-order valence-electron chi connectivity index (χ1n) is 3.09. The topological polar surface area (TPSA) is 91.7 Å². The summed E-state index contributed by atoms with van der Waals surface area (Å²) in [6.07, 6.45) is 0. The maximum Gasteiger partial charge on any atom is 0.209 e. The van der Waals surface area contributed by atoms with Gasteiger partial charge in [0.2, 0.25) is 5.96 Å². The number of nitrogens with two attached hydrogens (primary N) is 2. The van der Waals surface area contributed by atoms with Gasteiger partial charge < -0.3 is 16.8 Å². The van der Waals surface area contributed by atoms with Crippen molar-refractivity contribution >= 4 is 5.96 Å². The van der Waals surface area contributed by atoms with E-state index in [-0.39, 0.29) is 5.96 Å². The predicted molar refractivity (Wildman–Crippen MR) is 38.5 cm³/mol. The molecule has 6 heteroatoms. The molecule has 0 bridgehead atoms. The number of guanidine groups is 1. The SMILES string of the molecule is NC(N)=NNN1CCNC1. The molecule has 1 heterocycles. The molecule has 1 rings (SSSR count). The highest BCUT2D eigenvalue weighted by Gasteiger charge is 2.07. The van der Waals surface area contributed by atoms with Crippen molar-refractivity contribution in [2.75, 3.05) is 19.8 Å². The molecule has 1 aliphatic rings. The van der Waals surface area contributed by atoms with E-state index in [1.165, 1.54) is 0 Å². The zero-order valence-electron chi connectivity index (χ0n) is 5.67. The van der Waals surface area contributed by atoms with Crippen LogP contribution in [0.2, 0.25) is 0 Å². The molecule has 0 aromatic rings. The van der Waals surface area contributed by atoms with E-state index in [0.29, 0.717) is 0 Å². The maximum absolute atomic E-state index is 5.09. The van der Waals surface area contributed by atoms with Crippen LogP contribution in [-0.2, 0) is 0 Å². The Balaban J connectivity index is 2.18. The molecule has 6 N–H and O–H groups in total. The van der Waals surface area contributed by atoms with Crippen LogP contribution in [0.25, 0.3) is 0 Å². The standard InChI is InChI=1S/C4H12N6/c5-4(6)8-9-10-2-1-7-3-10/h7,9H,1-3H2,(H4,5,6,8). The fourth-order valence-electron chi connectivity index (χ4n) is 0.721. The molecule has 0 aromatic carbocycles. The van der Waals surface area contributed by atoms with Gasteiger partial charge in [-0.15, -0.1) is 5.10 Å². The Bertz CT molecular complexity index is 122. The summed E-state index contributed by atoms with van der Waals surface area (Å²) in [5.41, 5.74) is 12.9. The molecule has 1 aliphatic heterocycles. The van der Waals surface area contributed by atoms with Crippen molar-refractivity contribution in [2.24, 2.45) is 16.6 Å². The van der Waals surface area contributed by atoms with Crippen LogP contribution in [-0.4, -0.2) is 30.7 Å². The third kappa shape index (κ3) is 2.08. The Morgan fingerprint density at radius 2 is 2.40 bits per heavy atom. The third-order valence-electron chi connectivity index (χ3n) is 1.18. The van der Waals surface area contributed by atoms with E-state index in [4.69, 9.17) is 11.5 Å². The van der Waals surface area contributed by atoms with Crippen LogP contribution >= 0.6 is 0 Å². The van der Waals surface area contributed by atoms with E-state index in [1.807, 2.05) is 5.01 Å². The Morgan fingerprint density at radius 1 is 1.60 bits per heavy atom. The lowest BCUT2D eigenvalue weighted by Gasteiger charge is -2.11. The first-order valence-corrected chi connectivity index (χ1v) is 3.09. The summed E-state index contributed by atoms with van der Waals surface area (Å²) in [7, 11) is 0. The van der Waals surface area contributed by atoms with Gasteiger partial charge in [0.1, 0.15) is 0 Å². The number of rotatable bonds is 2. The fourth-order valence-corrected chi connectivity index (χ4v) is 0.721. The molecule has 0 unspecified atom stereocenters. The Morgan fingerprint density at radius 3 is 2.90 bits per heavy atom. The van der Waals surface area contributed by atoms with Crippen LogP contribution in [0, 0.1) is 0 Å². The summed E-state index contributed by atoms with van der Waals surface area (Å²) >= 11 is 0. The van der Waals surface area contributed by atoms with Gasteiger partial charge in [-0.1, -0.05) is 0 Å². The van der Waals surface area contributed by atoms with Crippen molar-refractivity contribution in [3.63, 3.8) is 0 Å². The molecular weight excluding hydrogens is 132 g/mol. The smallest absolute Gasteiger partial charge is 0.209 e. The van der Waals surface area contributed by atoms with Crippen molar-refractivity contribution in [3.8, 4) is 0 Å². The minimum Gasteiger partial charge on any atom is -0.369 e. The summed E-state index contributed by atoms with van der Waals surface area (Å²) in [4.78, 5) is 0. The van der Waals surface area contributed by atoms with E-state index in [1.54, 1.807) is 0 Å². The summed E-state index contributed by atoms with van der Waals surface area (Å²) in [5.74, 6) is 0.0481. The Labute approximate surface area is 59.2 Å². The summed E-state index contributed by atoms with van der Waals surface area (Å²) in [6.45, 7) is 2.65. The molecule has 0 aliphatic carbocycles. The lowest BCUT2D eigenvalue weighted by atomic mass is 10.7. The third-order valence-corrected chi connectivity index (χ3v) is 1.18. The van der Waals surface area contributed by atoms with Gasteiger partial charge in [-0.2, -0.15) is 5.01 Å². The monoisotopic (exact) mass is 144 g/mol. The first kappa shape index (κ1) is 7.10. The zero-order chi connectivity index (χ0) is 7.40. The molecule has 0 atom stereocenters. The number of hydrogen-bond donors (Lipinski definition) is 4. The summed E-state index contributed by atoms with van der Waals surface area (Å²) in [5, 5.41) is 8.60. The molecule has 1 fully saturated rings. The van der Waals surface area contributed by atoms with Gasteiger partial charge in [0.05, 0.1) is 6.67 Å². The van der Waals surface area contributed by atoms with Crippen molar-refractivity contribution in [1.29, 1.82) is 0 Å². The quantitative estimate of drug-likeness (QED) is 0.196. The number of hydrazone groups is 1.